The summed E-state index contributed by atoms with van der Waals surface area (Å²) in [6.45, 7) is 4.05. The Morgan fingerprint density at radius 2 is 2.10 bits per heavy atom. The van der Waals surface area contributed by atoms with Gasteiger partial charge in [-0.05, 0) is 34.6 Å². The lowest BCUT2D eigenvalue weighted by molar-refractivity contribution is 0.168. The molecule has 0 amide bonds. The van der Waals surface area contributed by atoms with E-state index in [-0.39, 0.29) is 6.04 Å². The maximum absolute atomic E-state index is 5.80. The van der Waals surface area contributed by atoms with Crippen LogP contribution in [0.15, 0.2) is 39.4 Å². The van der Waals surface area contributed by atoms with Crippen LogP contribution in [-0.2, 0) is 0 Å². The lowest BCUT2D eigenvalue weighted by Gasteiger charge is -2.25. The van der Waals surface area contributed by atoms with Gasteiger partial charge in [-0.15, -0.1) is 0 Å². The topological polar surface area (TPSA) is 43.6 Å². The van der Waals surface area contributed by atoms with Crippen LogP contribution in [0, 0.1) is 0 Å². The van der Waals surface area contributed by atoms with Crippen LogP contribution in [0.5, 0.6) is 11.5 Å². The van der Waals surface area contributed by atoms with Crippen molar-refractivity contribution in [2.45, 2.75) is 13.0 Å². The highest BCUT2D eigenvalue weighted by atomic mass is 79.9. The first-order valence-corrected chi connectivity index (χ1v) is 7.45. The summed E-state index contributed by atoms with van der Waals surface area (Å²) in [6.07, 6.45) is 1.68. The molecule has 1 aromatic heterocycles. The molecule has 2 heterocycles. The Labute approximate surface area is 126 Å². The third kappa shape index (κ3) is 2.43. The van der Waals surface area contributed by atoms with Gasteiger partial charge in [-0.25, -0.2) is 0 Å². The van der Waals surface area contributed by atoms with Gasteiger partial charge in [-0.1, -0.05) is 19.1 Å². The lowest BCUT2D eigenvalue weighted by atomic mass is 10.0. The molecule has 1 aliphatic heterocycles. The average Bonchev–Trinajstić information content (AvgIpc) is 2.90. The van der Waals surface area contributed by atoms with Crippen molar-refractivity contribution in [1.29, 1.82) is 0 Å². The summed E-state index contributed by atoms with van der Waals surface area (Å²) >= 11 is 3.52. The molecule has 0 aliphatic carbocycles. The first-order chi connectivity index (χ1) is 9.81. The Morgan fingerprint density at radius 1 is 1.25 bits per heavy atom. The summed E-state index contributed by atoms with van der Waals surface area (Å²) in [5.74, 6) is 2.43. The molecule has 0 saturated carbocycles. The van der Waals surface area contributed by atoms with E-state index in [1.807, 2.05) is 24.3 Å². The van der Waals surface area contributed by atoms with Gasteiger partial charge < -0.3 is 19.2 Å². The number of fused-ring (bicyclic) bond motifs is 1. The molecule has 5 heteroatoms. The molecule has 1 aromatic carbocycles. The van der Waals surface area contributed by atoms with Crippen LogP contribution in [0.25, 0.3) is 0 Å². The highest BCUT2D eigenvalue weighted by molar-refractivity contribution is 9.10. The van der Waals surface area contributed by atoms with Crippen molar-refractivity contribution >= 4 is 15.9 Å². The van der Waals surface area contributed by atoms with Crippen LogP contribution in [0.1, 0.15) is 24.3 Å². The Hall–Kier alpha value is -1.46. The van der Waals surface area contributed by atoms with Gasteiger partial charge in [0.15, 0.2) is 11.5 Å². The van der Waals surface area contributed by atoms with Gasteiger partial charge in [0.25, 0.3) is 0 Å². The van der Waals surface area contributed by atoms with Crippen LogP contribution in [0.4, 0.5) is 0 Å². The molecule has 1 N–H and O–H groups in total. The van der Waals surface area contributed by atoms with Crippen molar-refractivity contribution < 1.29 is 13.9 Å². The zero-order chi connectivity index (χ0) is 13.9. The van der Waals surface area contributed by atoms with Gasteiger partial charge in [-0.2, -0.15) is 0 Å². The fourth-order valence-electron chi connectivity index (χ4n) is 2.38. The minimum Gasteiger partial charge on any atom is -0.486 e. The van der Waals surface area contributed by atoms with Crippen LogP contribution in [-0.4, -0.2) is 19.8 Å². The number of rotatable bonds is 4. The SMILES string of the molecule is CCNC(c1cccc2c1OCCO2)c1occc1Br. The molecule has 3 rings (SSSR count). The van der Waals surface area contributed by atoms with E-state index in [0.717, 1.165) is 33.8 Å². The fourth-order valence-corrected chi connectivity index (χ4v) is 2.81. The van der Waals surface area contributed by atoms with Gasteiger partial charge in [0.2, 0.25) is 0 Å². The van der Waals surface area contributed by atoms with Crippen molar-refractivity contribution in [3.05, 3.63) is 46.3 Å². The number of hydrogen-bond donors (Lipinski definition) is 1. The number of hydrogen-bond acceptors (Lipinski definition) is 4. The van der Waals surface area contributed by atoms with E-state index in [1.54, 1.807) is 6.26 Å². The van der Waals surface area contributed by atoms with Gasteiger partial charge in [0.05, 0.1) is 16.8 Å². The minimum absolute atomic E-state index is 0.0685. The van der Waals surface area contributed by atoms with Crippen molar-refractivity contribution in [2.24, 2.45) is 0 Å². The Kier molecular flexibility index (Phi) is 3.98. The highest BCUT2D eigenvalue weighted by Crippen LogP contribution is 2.40. The van der Waals surface area contributed by atoms with Gasteiger partial charge in [0.1, 0.15) is 19.0 Å². The molecular formula is C15H16BrNO3. The summed E-state index contributed by atoms with van der Waals surface area (Å²) in [5, 5.41) is 3.43. The summed E-state index contributed by atoms with van der Waals surface area (Å²) in [4.78, 5) is 0. The maximum atomic E-state index is 5.80. The third-order valence-corrected chi connectivity index (χ3v) is 3.88. The van der Waals surface area contributed by atoms with Gasteiger partial charge in [-0.3, -0.25) is 0 Å². The highest BCUT2D eigenvalue weighted by Gasteiger charge is 2.26. The van der Waals surface area contributed by atoms with E-state index in [0.29, 0.717) is 13.2 Å². The molecule has 1 unspecified atom stereocenters. The number of benzene rings is 1. The Bertz CT molecular complexity index is 597. The normalized spacial score (nSPS) is 15.1. The van der Waals surface area contributed by atoms with Crippen LogP contribution >= 0.6 is 15.9 Å². The third-order valence-electron chi connectivity index (χ3n) is 3.22. The van der Waals surface area contributed by atoms with Crippen molar-refractivity contribution in [1.82, 2.24) is 5.32 Å². The van der Waals surface area contributed by atoms with Crippen molar-refractivity contribution in [3.8, 4) is 11.5 Å². The lowest BCUT2D eigenvalue weighted by Crippen LogP contribution is -2.24. The molecule has 1 aliphatic rings. The second kappa shape index (κ2) is 5.89. The predicted octanol–water partition coefficient (Wildman–Crippen LogP) is 3.51. The number of ether oxygens (including phenoxy) is 2. The van der Waals surface area contributed by atoms with E-state index in [9.17, 15) is 0 Å². The second-order valence-corrected chi connectivity index (χ2v) is 5.35. The zero-order valence-electron chi connectivity index (χ0n) is 11.2. The second-order valence-electron chi connectivity index (χ2n) is 4.49. The van der Waals surface area contributed by atoms with Crippen LogP contribution in [0.2, 0.25) is 0 Å². The van der Waals surface area contributed by atoms with Crippen LogP contribution in [0.3, 0.4) is 0 Å². The molecular weight excluding hydrogens is 322 g/mol. The van der Waals surface area contributed by atoms with Crippen molar-refractivity contribution in [2.75, 3.05) is 19.8 Å². The molecule has 0 bridgehead atoms. The summed E-state index contributed by atoms with van der Waals surface area (Å²) in [7, 11) is 0. The van der Waals surface area contributed by atoms with E-state index in [1.165, 1.54) is 0 Å². The Balaban J connectivity index is 2.06. The molecule has 0 saturated heterocycles. The maximum Gasteiger partial charge on any atom is 0.166 e. The molecule has 2 aromatic rings. The molecule has 0 fully saturated rings. The molecule has 0 spiro atoms. The summed E-state index contributed by atoms with van der Waals surface area (Å²) < 4.78 is 18.0. The van der Waals surface area contributed by atoms with E-state index in [4.69, 9.17) is 13.9 Å². The molecule has 0 radical (unpaired) electrons. The average molecular weight is 338 g/mol. The first-order valence-electron chi connectivity index (χ1n) is 6.66. The van der Waals surface area contributed by atoms with E-state index in [2.05, 4.69) is 28.2 Å². The summed E-state index contributed by atoms with van der Waals surface area (Å²) in [6, 6.07) is 7.77. The minimum atomic E-state index is -0.0685. The number of para-hydroxylation sites is 1. The van der Waals surface area contributed by atoms with Crippen LogP contribution < -0.4 is 14.8 Å². The number of nitrogens with one attached hydrogen (secondary N) is 1. The first kappa shape index (κ1) is 13.5. The standard InChI is InChI=1S/C15H16BrNO3/c1-2-17-13(15-11(16)6-7-19-15)10-4-3-5-12-14(10)20-9-8-18-12/h3-7,13,17H,2,8-9H2,1H3. The van der Waals surface area contributed by atoms with E-state index < -0.39 is 0 Å². The Morgan fingerprint density at radius 3 is 2.85 bits per heavy atom. The largest absolute Gasteiger partial charge is 0.486 e. The van der Waals surface area contributed by atoms with Gasteiger partial charge >= 0.3 is 0 Å². The number of halogens is 1. The monoisotopic (exact) mass is 337 g/mol. The zero-order valence-corrected chi connectivity index (χ0v) is 12.8. The smallest absolute Gasteiger partial charge is 0.166 e. The predicted molar refractivity (Wildman–Crippen MR) is 79.4 cm³/mol. The van der Waals surface area contributed by atoms with Crippen molar-refractivity contribution in [3.63, 3.8) is 0 Å². The molecule has 4 nitrogen and oxygen atoms in total. The summed E-state index contributed by atoms with van der Waals surface area (Å²) in [5.41, 5.74) is 1.03. The fraction of sp³-hybridized carbons (Fsp3) is 0.333. The molecule has 106 valence electrons. The molecule has 20 heavy (non-hydrogen) atoms. The quantitative estimate of drug-likeness (QED) is 0.927. The van der Waals surface area contributed by atoms with E-state index >= 15 is 0 Å². The van der Waals surface area contributed by atoms with Gasteiger partial charge in [0, 0.05) is 5.56 Å². The number of furan rings is 1. The molecule has 1 atom stereocenters.